The number of ether oxygens (including phenoxy) is 2. The molecule has 1 aromatic carbocycles. The van der Waals surface area contributed by atoms with Gasteiger partial charge in [-0.2, -0.15) is 0 Å². The molecule has 1 fully saturated rings. The lowest BCUT2D eigenvalue weighted by molar-refractivity contribution is -0.139. The number of methoxy groups -OCH3 is 1. The topological polar surface area (TPSA) is 38.8 Å². The van der Waals surface area contributed by atoms with Crippen LogP contribution in [0.3, 0.4) is 0 Å². The molecule has 1 unspecified atom stereocenters. The molecule has 116 valence electrons. The fraction of sp³-hybridized carbons (Fsp3) is 0.588. The highest BCUT2D eigenvalue weighted by atomic mass is 16.5. The molecular formula is C17H25NO3. The normalized spacial score (nSPS) is 18.1. The lowest BCUT2D eigenvalue weighted by atomic mass is 10.0. The van der Waals surface area contributed by atoms with Crippen molar-refractivity contribution >= 4 is 5.97 Å². The Hall–Kier alpha value is -1.39. The average Bonchev–Trinajstić information content (AvgIpc) is 3.01. The van der Waals surface area contributed by atoms with E-state index in [0.29, 0.717) is 12.5 Å². The molecule has 0 radical (unpaired) electrons. The van der Waals surface area contributed by atoms with Crippen LogP contribution in [0, 0.1) is 0 Å². The molecule has 1 aromatic rings. The third kappa shape index (κ3) is 4.83. The van der Waals surface area contributed by atoms with Crippen LogP contribution >= 0.6 is 0 Å². The van der Waals surface area contributed by atoms with Crippen molar-refractivity contribution < 1.29 is 14.3 Å². The number of nitrogens with zero attached hydrogens (tertiary/aromatic N) is 1. The first-order valence-corrected chi connectivity index (χ1v) is 7.70. The van der Waals surface area contributed by atoms with E-state index in [0.717, 1.165) is 38.2 Å². The summed E-state index contributed by atoms with van der Waals surface area (Å²) < 4.78 is 10.5. The van der Waals surface area contributed by atoms with Crippen molar-refractivity contribution in [1.82, 2.24) is 4.90 Å². The third-order valence-corrected chi connectivity index (χ3v) is 4.01. The molecule has 0 aliphatic carbocycles. The predicted octanol–water partition coefficient (Wildman–Crippen LogP) is 2.40. The number of rotatable bonds is 7. The largest absolute Gasteiger partial charge is 0.469 e. The quantitative estimate of drug-likeness (QED) is 0.723. The molecule has 1 heterocycles. The molecule has 0 amide bonds. The Bertz CT molecular complexity index is 455. The van der Waals surface area contributed by atoms with Gasteiger partial charge in [0.2, 0.25) is 0 Å². The monoisotopic (exact) mass is 291 g/mol. The molecule has 0 saturated carbocycles. The fourth-order valence-electron chi connectivity index (χ4n) is 2.73. The van der Waals surface area contributed by atoms with Crippen LogP contribution in [0.1, 0.15) is 30.9 Å². The van der Waals surface area contributed by atoms with E-state index in [-0.39, 0.29) is 5.97 Å². The maximum Gasteiger partial charge on any atom is 0.309 e. The maximum atomic E-state index is 11.5. The number of esters is 1. The number of carbonyl (C=O) groups excluding carboxylic acids is 1. The van der Waals surface area contributed by atoms with E-state index in [2.05, 4.69) is 17.9 Å². The molecule has 1 saturated heterocycles. The predicted molar refractivity (Wildman–Crippen MR) is 82.1 cm³/mol. The Morgan fingerprint density at radius 3 is 2.76 bits per heavy atom. The van der Waals surface area contributed by atoms with Crippen LogP contribution in [0.5, 0.6) is 0 Å². The average molecular weight is 291 g/mol. The van der Waals surface area contributed by atoms with Gasteiger partial charge in [0.15, 0.2) is 0 Å². The molecule has 1 atom stereocenters. The molecule has 1 aliphatic heterocycles. The van der Waals surface area contributed by atoms with Crippen LogP contribution in [-0.2, 0) is 27.2 Å². The van der Waals surface area contributed by atoms with Crippen molar-refractivity contribution in [2.45, 2.75) is 38.8 Å². The van der Waals surface area contributed by atoms with E-state index in [1.165, 1.54) is 19.1 Å². The molecule has 4 heteroatoms. The molecule has 1 aliphatic rings. The van der Waals surface area contributed by atoms with Gasteiger partial charge in [0.05, 0.1) is 19.6 Å². The Morgan fingerprint density at radius 1 is 1.38 bits per heavy atom. The second-order valence-corrected chi connectivity index (χ2v) is 5.48. The van der Waals surface area contributed by atoms with E-state index in [1.54, 1.807) is 0 Å². The second kappa shape index (κ2) is 8.15. The zero-order valence-electron chi connectivity index (χ0n) is 13.0. The summed E-state index contributed by atoms with van der Waals surface area (Å²) in [4.78, 5) is 13.9. The van der Waals surface area contributed by atoms with Crippen LogP contribution in [0.15, 0.2) is 24.3 Å². The van der Waals surface area contributed by atoms with Crippen LogP contribution in [0.2, 0.25) is 0 Å². The molecule has 4 nitrogen and oxygen atoms in total. The Kier molecular flexibility index (Phi) is 6.21. The minimum absolute atomic E-state index is 0.190. The summed E-state index contributed by atoms with van der Waals surface area (Å²) in [5.41, 5.74) is 2.25. The lowest BCUT2D eigenvalue weighted by Crippen LogP contribution is -2.32. The summed E-state index contributed by atoms with van der Waals surface area (Å²) in [6.45, 7) is 5.85. The van der Waals surface area contributed by atoms with Gasteiger partial charge in [-0.3, -0.25) is 9.69 Å². The number of hydrogen-bond donors (Lipinski definition) is 0. The van der Waals surface area contributed by atoms with Gasteiger partial charge < -0.3 is 9.47 Å². The number of carbonyl (C=O) groups is 1. The number of hydrogen-bond acceptors (Lipinski definition) is 4. The molecule has 2 rings (SSSR count). The van der Waals surface area contributed by atoms with Gasteiger partial charge >= 0.3 is 5.97 Å². The van der Waals surface area contributed by atoms with E-state index >= 15 is 0 Å². The Labute approximate surface area is 127 Å². The summed E-state index contributed by atoms with van der Waals surface area (Å²) in [6.07, 6.45) is 3.02. The van der Waals surface area contributed by atoms with Crippen LogP contribution in [-0.4, -0.2) is 43.8 Å². The van der Waals surface area contributed by atoms with Gasteiger partial charge in [0, 0.05) is 19.7 Å². The standard InChI is InChI=1S/C17H25NO3/c1-3-18(13-16-9-6-10-21-16)12-15-8-5-4-7-14(15)11-17(19)20-2/h4-5,7-8,16H,3,6,9-13H2,1-2H3. The van der Waals surface area contributed by atoms with Crippen molar-refractivity contribution in [2.75, 3.05) is 26.8 Å². The number of likely N-dealkylation sites (N-methyl/N-ethyl adjacent to an activating group) is 1. The van der Waals surface area contributed by atoms with Gasteiger partial charge in [-0.15, -0.1) is 0 Å². The zero-order valence-corrected chi connectivity index (χ0v) is 13.0. The summed E-state index contributed by atoms with van der Waals surface area (Å²) in [5, 5.41) is 0. The third-order valence-electron chi connectivity index (χ3n) is 4.01. The van der Waals surface area contributed by atoms with Crippen molar-refractivity contribution in [3.63, 3.8) is 0 Å². The van der Waals surface area contributed by atoms with Crippen molar-refractivity contribution in [2.24, 2.45) is 0 Å². The summed E-state index contributed by atoms with van der Waals surface area (Å²) in [5.74, 6) is -0.190. The smallest absolute Gasteiger partial charge is 0.309 e. The van der Waals surface area contributed by atoms with Crippen LogP contribution in [0.4, 0.5) is 0 Å². The van der Waals surface area contributed by atoms with Crippen molar-refractivity contribution in [1.29, 1.82) is 0 Å². The SMILES string of the molecule is CCN(Cc1ccccc1CC(=O)OC)CC1CCCO1. The molecule has 21 heavy (non-hydrogen) atoms. The maximum absolute atomic E-state index is 11.5. The van der Waals surface area contributed by atoms with Crippen molar-refractivity contribution in [3.8, 4) is 0 Å². The van der Waals surface area contributed by atoms with Gasteiger partial charge in [-0.1, -0.05) is 31.2 Å². The van der Waals surface area contributed by atoms with Gasteiger partial charge in [-0.05, 0) is 30.5 Å². The summed E-state index contributed by atoms with van der Waals surface area (Å²) >= 11 is 0. The Morgan fingerprint density at radius 2 is 2.14 bits per heavy atom. The van der Waals surface area contributed by atoms with Crippen molar-refractivity contribution in [3.05, 3.63) is 35.4 Å². The van der Waals surface area contributed by atoms with E-state index < -0.39 is 0 Å². The van der Waals surface area contributed by atoms with Gasteiger partial charge in [0.25, 0.3) is 0 Å². The fourth-order valence-corrected chi connectivity index (χ4v) is 2.73. The highest BCUT2D eigenvalue weighted by molar-refractivity contribution is 5.72. The molecule has 0 bridgehead atoms. The van der Waals surface area contributed by atoms with Crippen LogP contribution in [0.25, 0.3) is 0 Å². The zero-order chi connectivity index (χ0) is 15.1. The summed E-state index contributed by atoms with van der Waals surface area (Å²) in [6, 6.07) is 8.09. The minimum atomic E-state index is -0.190. The molecule has 0 N–H and O–H groups in total. The molecule has 0 spiro atoms. The highest BCUT2D eigenvalue weighted by Crippen LogP contribution is 2.17. The second-order valence-electron chi connectivity index (χ2n) is 5.48. The number of benzene rings is 1. The van der Waals surface area contributed by atoms with E-state index in [4.69, 9.17) is 9.47 Å². The van der Waals surface area contributed by atoms with Gasteiger partial charge in [0.1, 0.15) is 0 Å². The van der Waals surface area contributed by atoms with Crippen LogP contribution < -0.4 is 0 Å². The Balaban J connectivity index is 2.00. The molecular weight excluding hydrogens is 266 g/mol. The summed E-state index contributed by atoms with van der Waals surface area (Å²) in [7, 11) is 1.43. The van der Waals surface area contributed by atoms with E-state index in [1.807, 2.05) is 18.2 Å². The molecule has 0 aromatic heterocycles. The first kappa shape index (κ1) is 16.0. The lowest BCUT2D eigenvalue weighted by Gasteiger charge is -2.24. The highest BCUT2D eigenvalue weighted by Gasteiger charge is 2.19. The van der Waals surface area contributed by atoms with Gasteiger partial charge in [-0.25, -0.2) is 0 Å². The van der Waals surface area contributed by atoms with E-state index in [9.17, 15) is 4.79 Å². The first-order chi connectivity index (χ1) is 10.2. The first-order valence-electron chi connectivity index (χ1n) is 7.70. The minimum Gasteiger partial charge on any atom is -0.469 e.